The van der Waals surface area contributed by atoms with Gasteiger partial charge < -0.3 is 14.5 Å². The Kier molecular flexibility index (Phi) is 7.56. The van der Waals surface area contributed by atoms with Gasteiger partial charge in [-0.3, -0.25) is 14.5 Å². The van der Waals surface area contributed by atoms with Crippen LogP contribution in [0.4, 0.5) is 23.7 Å². The lowest BCUT2D eigenvalue weighted by Crippen LogP contribution is -2.42. The summed E-state index contributed by atoms with van der Waals surface area (Å²) in [6.45, 7) is 0.513. The fraction of sp³-hybridized carbons (Fsp3) is 0.640. The van der Waals surface area contributed by atoms with Crippen molar-refractivity contribution < 1.29 is 32.3 Å². The van der Waals surface area contributed by atoms with E-state index >= 15 is 0 Å². The Bertz CT molecular complexity index is 962. The van der Waals surface area contributed by atoms with E-state index in [1.165, 1.54) is 13.5 Å². The van der Waals surface area contributed by atoms with Gasteiger partial charge in [0.1, 0.15) is 0 Å². The molecule has 2 heterocycles. The standard InChI is InChI=1S/C25H32F3N3O4/c1-35-22(32)10-9-21-16-30(19-5-3-2-4-6-19)24(34)31(21)20-8-7-17-11-13-29(14-12-18(17)15-20)23(33)25(26,27)28/h7-8,15,19,21H,2-6,9-14,16H2,1H3. The van der Waals surface area contributed by atoms with Gasteiger partial charge in [0.15, 0.2) is 0 Å². The second kappa shape index (κ2) is 10.5. The number of halogens is 3. The molecule has 1 aromatic rings. The largest absolute Gasteiger partial charge is 0.471 e. The number of urea groups is 1. The second-order valence-electron chi connectivity index (χ2n) is 9.61. The average molecular weight is 496 g/mol. The van der Waals surface area contributed by atoms with Crippen molar-refractivity contribution in [3.05, 3.63) is 29.3 Å². The number of carbonyl (C=O) groups excluding carboxylic acids is 3. The zero-order chi connectivity index (χ0) is 25.2. The Morgan fingerprint density at radius 2 is 1.74 bits per heavy atom. The van der Waals surface area contributed by atoms with Crippen molar-refractivity contribution in [1.29, 1.82) is 0 Å². The highest BCUT2D eigenvalue weighted by Crippen LogP contribution is 2.34. The number of fused-ring (bicyclic) bond motifs is 1. The van der Waals surface area contributed by atoms with Crippen LogP contribution in [0.5, 0.6) is 0 Å². The van der Waals surface area contributed by atoms with E-state index in [-0.39, 0.29) is 50.0 Å². The number of esters is 1. The highest BCUT2D eigenvalue weighted by molar-refractivity contribution is 5.95. The molecule has 0 aromatic heterocycles. The lowest BCUT2D eigenvalue weighted by atomic mass is 9.94. The number of rotatable bonds is 5. The van der Waals surface area contributed by atoms with Crippen LogP contribution in [-0.2, 0) is 27.2 Å². The normalized spacial score (nSPS) is 21.7. The Labute approximate surface area is 203 Å². The predicted molar refractivity (Wildman–Crippen MR) is 123 cm³/mol. The first-order valence-corrected chi connectivity index (χ1v) is 12.3. The molecule has 0 spiro atoms. The summed E-state index contributed by atoms with van der Waals surface area (Å²) in [5.41, 5.74) is 2.40. The lowest BCUT2D eigenvalue weighted by Gasteiger charge is -2.30. The average Bonchev–Trinajstić information content (AvgIpc) is 3.03. The van der Waals surface area contributed by atoms with E-state index in [0.29, 0.717) is 25.1 Å². The number of hydrogen-bond donors (Lipinski definition) is 0. The highest BCUT2D eigenvalue weighted by Gasteiger charge is 2.43. The number of alkyl halides is 3. The van der Waals surface area contributed by atoms with Crippen molar-refractivity contribution >= 4 is 23.6 Å². The van der Waals surface area contributed by atoms with E-state index in [1.807, 2.05) is 23.1 Å². The van der Waals surface area contributed by atoms with Gasteiger partial charge in [-0.15, -0.1) is 0 Å². The minimum atomic E-state index is -4.89. The Hall–Kier alpha value is -2.78. The first-order chi connectivity index (χ1) is 16.7. The Morgan fingerprint density at radius 1 is 1.06 bits per heavy atom. The summed E-state index contributed by atoms with van der Waals surface area (Å²) in [4.78, 5) is 41.6. The summed E-state index contributed by atoms with van der Waals surface area (Å²) in [6.07, 6.45) is 1.67. The number of ether oxygens (including phenoxy) is 1. The summed E-state index contributed by atoms with van der Waals surface area (Å²) in [6, 6.07) is 5.44. The van der Waals surface area contributed by atoms with Gasteiger partial charge in [0.2, 0.25) is 0 Å². The Balaban J connectivity index is 1.56. The third kappa shape index (κ3) is 5.56. The molecular formula is C25H32F3N3O4. The number of carbonyl (C=O) groups is 3. The van der Waals surface area contributed by atoms with Crippen LogP contribution in [0.3, 0.4) is 0 Å². The van der Waals surface area contributed by atoms with Crippen LogP contribution in [-0.4, -0.2) is 72.7 Å². The van der Waals surface area contributed by atoms with Crippen LogP contribution < -0.4 is 4.90 Å². The second-order valence-corrected chi connectivity index (χ2v) is 9.61. The van der Waals surface area contributed by atoms with E-state index in [0.717, 1.165) is 41.7 Å². The molecule has 2 fully saturated rings. The van der Waals surface area contributed by atoms with Gasteiger partial charge in [0, 0.05) is 37.8 Å². The zero-order valence-corrected chi connectivity index (χ0v) is 20.0. The van der Waals surface area contributed by atoms with Crippen molar-refractivity contribution in [3.63, 3.8) is 0 Å². The lowest BCUT2D eigenvalue weighted by molar-refractivity contribution is -0.185. The van der Waals surface area contributed by atoms with Crippen LogP contribution in [0.2, 0.25) is 0 Å². The van der Waals surface area contributed by atoms with E-state index in [4.69, 9.17) is 4.74 Å². The third-order valence-electron chi connectivity index (χ3n) is 7.45. The number of nitrogens with zero attached hydrogens (tertiary/aromatic N) is 3. The fourth-order valence-corrected chi connectivity index (χ4v) is 5.55. The first kappa shape index (κ1) is 25.3. The summed E-state index contributed by atoms with van der Waals surface area (Å²) >= 11 is 0. The molecular weight excluding hydrogens is 463 g/mol. The summed E-state index contributed by atoms with van der Waals surface area (Å²) in [5.74, 6) is -2.14. The quantitative estimate of drug-likeness (QED) is 0.578. The molecule has 0 radical (unpaired) electrons. The van der Waals surface area contributed by atoms with Crippen molar-refractivity contribution in [1.82, 2.24) is 9.80 Å². The predicted octanol–water partition coefficient (Wildman–Crippen LogP) is 4.07. The summed E-state index contributed by atoms with van der Waals surface area (Å²) < 4.78 is 43.6. The molecule has 0 bridgehead atoms. The molecule has 10 heteroatoms. The maximum atomic E-state index is 13.6. The molecule has 1 atom stereocenters. The third-order valence-corrected chi connectivity index (χ3v) is 7.45. The minimum Gasteiger partial charge on any atom is -0.469 e. The number of anilines is 1. The molecule has 35 heavy (non-hydrogen) atoms. The van der Waals surface area contributed by atoms with Crippen molar-refractivity contribution in [2.24, 2.45) is 0 Å². The zero-order valence-electron chi connectivity index (χ0n) is 20.0. The molecule has 3 amide bonds. The molecule has 192 valence electrons. The molecule has 3 aliphatic rings. The molecule has 4 rings (SSSR count). The van der Waals surface area contributed by atoms with Crippen molar-refractivity contribution in [2.75, 3.05) is 31.6 Å². The van der Waals surface area contributed by atoms with Gasteiger partial charge in [-0.05, 0) is 55.4 Å². The molecule has 7 nitrogen and oxygen atoms in total. The van der Waals surface area contributed by atoms with Crippen molar-refractivity contribution in [3.8, 4) is 0 Å². The molecule has 0 N–H and O–H groups in total. The maximum Gasteiger partial charge on any atom is 0.471 e. The van der Waals surface area contributed by atoms with Crippen LogP contribution in [0.25, 0.3) is 0 Å². The van der Waals surface area contributed by atoms with Gasteiger partial charge in [-0.1, -0.05) is 25.3 Å². The molecule has 1 aromatic carbocycles. The van der Waals surface area contributed by atoms with Gasteiger partial charge in [0.05, 0.1) is 13.2 Å². The van der Waals surface area contributed by atoms with Gasteiger partial charge in [-0.2, -0.15) is 13.2 Å². The van der Waals surface area contributed by atoms with Crippen LogP contribution in [0.15, 0.2) is 18.2 Å². The van der Waals surface area contributed by atoms with Gasteiger partial charge in [0.25, 0.3) is 0 Å². The highest BCUT2D eigenvalue weighted by atomic mass is 19.4. The number of hydrogen-bond acceptors (Lipinski definition) is 4. The minimum absolute atomic E-state index is 0.00451. The summed E-state index contributed by atoms with van der Waals surface area (Å²) in [7, 11) is 1.34. The molecule has 1 aliphatic carbocycles. The monoisotopic (exact) mass is 495 g/mol. The van der Waals surface area contributed by atoms with Crippen LogP contribution >= 0.6 is 0 Å². The molecule has 1 saturated heterocycles. The molecule has 1 saturated carbocycles. The fourth-order valence-electron chi connectivity index (χ4n) is 5.55. The van der Waals surface area contributed by atoms with E-state index in [2.05, 4.69) is 0 Å². The maximum absolute atomic E-state index is 13.6. The van der Waals surface area contributed by atoms with Crippen LogP contribution in [0.1, 0.15) is 56.1 Å². The van der Waals surface area contributed by atoms with E-state index in [9.17, 15) is 27.6 Å². The summed E-state index contributed by atoms with van der Waals surface area (Å²) in [5, 5.41) is 0. The van der Waals surface area contributed by atoms with Crippen molar-refractivity contribution in [2.45, 2.75) is 76.0 Å². The SMILES string of the molecule is COC(=O)CCC1CN(C2CCCCC2)C(=O)N1c1ccc2c(c1)CCN(C(=O)C(F)(F)F)CC2. The topological polar surface area (TPSA) is 70.2 Å². The smallest absolute Gasteiger partial charge is 0.469 e. The first-order valence-electron chi connectivity index (χ1n) is 12.3. The molecule has 2 aliphatic heterocycles. The van der Waals surface area contributed by atoms with Gasteiger partial charge in [-0.25, -0.2) is 4.79 Å². The number of amides is 3. The number of benzene rings is 1. The van der Waals surface area contributed by atoms with Gasteiger partial charge >= 0.3 is 24.1 Å². The Morgan fingerprint density at radius 3 is 2.40 bits per heavy atom. The molecule has 1 unspecified atom stereocenters. The number of methoxy groups -OCH3 is 1. The van der Waals surface area contributed by atoms with Crippen LogP contribution in [0, 0.1) is 0 Å². The van der Waals surface area contributed by atoms with E-state index in [1.54, 1.807) is 4.90 Å². The van der Waals surface area contributed by atoms with E-state index < -0.39 is 12.1 Å².